The zero-order valence-corrected chi connectivity index (χ0v) is 10.3. The third-order valence-electron chi connectivity index (χ3n) is 2.75. The smallest absolute Gasteiger partial charge is 0.127 e. The Bertz CT molecular complexity index is 316. The zero-order chi connectivity index (χ0) is 12.6. The minimum absolute atomic E-state index is 0.0492. The lowest BCUT2D eigenvalue weighted by Crippen LogP contribution is -2.28. The van der Waals surface area contributed by atoms with Gasteiger partial charge < -0.3 is 14.2 Å². The highest BCUT2D eigenvalue weighted by Gasteiger charge is 2.15. The van der Waals surface area contributed by atoms with Crippen LogP contribution >= 0.6 is 0 Å². The zero-order valence-electron chi connectivity index (χ0n) is 10.3. The van der Waals surface area contributed by atoms with E-state index in [0.29, 0.717) is 32.0 Å². The third kappa shape index (κ3) is 4.64. The number of hydrogen-bond acceptors (Lipinski definition) is 3. The molecule has 1 aliphatic heterocycles. The summed E-state index contributed by atoms with van der Waals surface area (Å²) >= 11 is 0. The van der Waals surface area contributed by atoms with E-state index in [4.69, 9.17) is 14.2 Å². The van der Waals surface area contributed by atoms with Crippen LogP contribution in [0.1, 0.15) is 12.8 Å². The van der Waals surface area contributed by atoms with Crippen LogP contribution in [0.4, 0.5) is 0 Å². The standard InChI is InChI=1S/C14H18O4/c15-12-6-8-17-11-14(7-9-16-10-12)18-13-4-2-1-3-5-13/h1-4,12,14H,6-11H2. The van der Waals surface area contributed by atoms with Crippen molar-refractivity contribution in [1.82, 2.24) is 0 Å². The Balaban J connectivity index is 1.83. The van der Waals surface area contributed by atoms with Gasteiger partial charge in [-0.1, -0.05) is 18.2 Å². The predicted molar refractivity (Wildman–Crippen MR) is 65.0 cm³/mol. The summed E-state index contributed by atoms with van der Waals surface area (Å²) in [5.41, 5.74) is 0. The quantitative estimate of drug-likeness (QED) is 0.805. The largest absolute Gasteiger partial charge is 0.487 e. The molecule has 0 aromatic heterocycles. The van der Waals surface area contributed by atoms with Crippen LogP contribution in [0.3, 0.4) is 0 Å². The second-order valence-electron chi connectivity index (χ2n) is 4.32. The van der Waals surface area contributed by atoms with E-state index in [1.807, 2.05) is 24.3 Å². The average Bonchev–Trinajstić information content (AvgIpc) is 2.40. The van der Waals surface area contributed by atoms with Gasteiger partial charge >= 0.3 is 0 Å². The van der Waals surface area contributed by atoms with Crippen LogP contribution in [0, 0.1) is 6.07 Å². The highest BCUT2D eigenvalue weighted by Crippen LogP contribution is 2.13. The van der Waals surface area contributed by atoms with Gasteiger partial charge in [-0.05, 0) is 6.07 Å². The molecule has 2 rings (SSSR count). The highest BCUT2D eigenvalue weighted by atomic mass is 16.5. The Morgan fingerprint density at radius 3 is 2.83 bits per heavy atom. The minimum Gasteiger partial charge on any atom is -0.487 e. The van der Waals surface area contributed by atoms with Crippen molar-refractivity contribution in [2.45, 2.75) is 25.0 Å². The summed E-state index contributed by atoms with van der Waals surface area (Å²) < 4.78 is 16.6. The van der Waals surface area contributed by atoms with E-state index in [1.165, 1.54) is 0 Å². The van der Waals surface area contributed by atoms with Gasteiger partial charge in [-0.2, -0.15) is 0 Å². The molecule has 1 aliphatic rings. The lowest BCUT2D eigenvalue weighted by atomic mass is 10.2. The molecule has 1 aromatic carbocycles. The van der Waals surface area contributed by atoms with Crippen LogP contribution in [-0.4, -0.2) is 38.6 Å². The molecule has 1 saturated heterocycles. The Morgan fingerprint density at radius 2 is 2.00 bits per heavy atom. The van der Waals surface area contributed by atoms with Crippen LogP contribution in [-0.2, 0) is 14.6 Å². The molecule has 2 unspecified atom stereocenters. The van der Waals surface area contributed by atoms with Crippen molar-refractivity contribution in [3.8, 4) is 5.75 Å². The van der Waals surface area contributed by atoms with Gasteiger partial charge in [0.1, 0.15) is 18.0 Å². The fourth-order valence-corrected chi connectivity index (χ4v) is 1.75. The van der Waals surface area contributed by atoms with E-state index in [2.05, 4.69) is 6.07 Å². The van der Waals surface area contributed by atoms with Gasteiger partial charge in [0.2, 0.25) is 0 Å². The molecule has 0 aliphatic carbocycles. The highest BCUT2D eigenvalue weighted by molar-refractivity contribution is 5.19. The summed E-state index contributed by atoms with van der Waals surface area (Å²) in [6, 6.07) is 10.5. The second-order valence-corrected chi connectivity index (χ2v) is 4.32. The van der Waals surface area contributed by atoms with Gasteiger partial charge in [-0.25, -0.2) is 5.11 Å². The van der Waals surface area contributed by atoms with Crippen LogP contribution in [0.2, 0.25) is 0 Å². The van der Waals surface area contributed by atoms with E-state index in [1.54, 1.807) is 0 Å². The van der Waals surface area contributed by atoms with Crippen molar-refractivity contribution < 1.29 is 19.3 Å². The normalized spacial score (nSPS) is 26.5. The number of benzene rings is 1. The molecule has 1 fully saturated rings. The third-order valence-corrected chi connectivity index (χ3v) is 2.75. The summed E-state index contributed by atoms with van der Waals surface area (Å²) in [5.74, 6) is 0.713. The molecular formula is C14H18O4. The summed E-state index contributed by atoms with van der Waals surface area (Å²) in [6.45, 7) is 1.74. The van der Waals surface area contributed by atoms with Crippen molar-refractivity contribution in [3.05, 3.63) is 30.3 Å². The van der Waals surface area contributed by atoms with Crippen molar-refractivity contribution in [1.29, 1.82) is 0 Å². The number of rotatable bonds is 2. The molecule has 18 heavy (non-hydrogen) atoms. The molecule has 4 heteroatoms. The summed E-state index contributed by atoms with van der Waals surface area (Å²) in [7, 11) is 0. The number of hydrogen-bond donors (Lipinski definition) is 0. The average molecular weight is 250 g/mol. The maximum absolute atomic E-state index is 11.3. The number of ether oxygens (including phenoxy) is 3. The van der Waals surface area contributed by atoms with Crippen LogP contribution < -0.4 is 4.74 Å². The van der Waals surface area contributed by atoms with Crippen molar-refractivity contribution in [2.75, 3.05) is 26.4 Å². The van der Waals surface area contributed by atoms with E-state index in [9.17, 15) is 5.11 Å². The summed E-state index contributed by atoms with van der Waals surface area (Å²) in [5, 5.41) is 11.3. The fourth-order valence-electron chi connectivity index (χ4n) is 1.75. The Morgan fingerprint density at radius 1 is 1.17 bits per heavy atom. The van der Waals surface area contributed by atoms with E-state index in [0.717, 1.165) is 6.42 Å². The Hall–Kier alpha value is -1.10. The number of para-hydroxylation sites is 1. The van der Waals surface area contributed by atoms with Gasteiger partial charge in [0.25, 0.3) is 0 Å². The molecule has 0 N–H and O–H groups in total. The molecule has 0 spiro atoms. The Kier molecular flexibility index (Phi) is 5.45. The van der Waals surface area contributed by atoms with E-state index < -0.39 is 6.10 Å². The first-order valence-electron chi connectivity index (χ1n) is 6.29. The first-order valence-corrected chi connectivity index (χ1v) is 6.29. The van der Waals surface area contributed by atoms with Gasteiger partial charge in [0.05, 0.1) is 19.8 Å². The molecule has 2 radical (unpaired) electrons. The van der Waals surface area contributed by atoms with Gasteiger partial charge in [-0.15, -0.1) is 0 Å². The SMILES string of the molecule is [O]C1CCOCC(Oc2[c]cccc2)CCOC1. The maximum Gasteiger partial charge on any atom is 0.127 e. The molecule has 1 aromatic rings. The molecular weight excluding hydrogens is 232 g/mol. The first-order chi connectivity index (χ1) is 8.84. The van der Waals surface area contributed by atoms with Gasteiger partial charge in [0, 0.05) is 25.5 Å². The molecule has 0 saturated carbocycles. The summed E-state index contributed by atoms with van der Waals surface area (Å²) in [4.78, 5) is 0. The molecule has 2 atom stereocenters. The topological polar surface area (TPSA) is 47.6 Å². The van der Waals surface area contributed by atoms with Crippen LogP contribution in [0.5, 0.6) is 5.75 Å². The van der Waals surface area contributed by atoms with E-state index >= 15 is 0 Å². The van der Waals surface area contributed by atoms with Crippen molar-refractivity contribution in [2.24, 2.45) is 0 Å². The second kappa shape index (κ2) is 7.36. The lowest BCUT2D eigenvalue weighted by molar-refractivity contribution is -0.0514. The maximum atomic E-state index is 11.3. The van der Waals surface area contributed by atoms with E-state index in [-0.39, 0.29) is 12.7 Å². The van der Waals surface area contributed by atoms with Gasteiger partial charge in [0.15, 0.2) is 0 Å². The minimum atomic E-state index is -0.676. The monoisotopic (exact) mass is 250 g/mol. The molecule has 0 bridgehead atoms. The van der Waals surface area contributed by atoms with Crippen molar-refractivity contribution in [3.63, 3.8) is 0 Å². The lowest BCUT2D eigenvalue weighted by Gasteiger charge is -2.21. The molecule has 0 amide bonds. The predicted octanol–water partition coefficient (Wildman–Crippen LogP) is 1.86. The first kappa shape index (κ1) is 13.3. The molecule has 4 nitrogen and oxygen atoms in total. The van der Waals surface area contributed by atoms with Gasteiger partial charge in [-0.3, -0.25) is 0 Å². The molecule has 98 valence electrons. The summed E-state index contributed by atoms with van der Waals surface area (Å²) in [6.07, 6.45) is 0.483. The van der Waals surface area contributed by atoms with Crippen molar-refractivity contribution >= 4 is 0 Å². The van der Waals surface area contributed by atoms with Crippen LogP contribution in [0.25, 0.3) is 0 Å². The van der Waals surface area contributed by atoms with Crippen LogP contribution in [0.15, 0.2) is 24.3 Å². The Labute approximate surface area is 107 Å². The molecule has 1 heterocycles. The fraction of sp³-hybridized carbons (Fsp3) is 0.571.